The highest BCUT2D eigenvalue weighted by atomic mass is 19.1. The van der Waals surface area contributed by atoms with E-state index >= 15 is 0 Å². The zero-order valence-electron chi connectivity index (χ0n) is 13.9. The predicted molar refractivity (Wildman–Crippen MR) is 95.1 cm³/mol. The van der Waals surface area contributed by atoms with Crippen LogP contribution in [0.2, 0.25) is 0 Å². The van der Waals surface area contributed by atoms with Gasteiger partial charge >= 0.3 is 0 Å². The number of halogens is 2. The summed E-state index contributed by atoms with van der Waals surface area (Å²) in [6.07, 6.45) is 3.39. The first-order valence-corrected chi connectivity index (χ1v) is 8.28. The molecule has 4 rings (SSSR count). The standard InChI is InChI=1S/C19H18F2N4/c1-13-2-4-22-18(10-13)25-8-6-24(7-9-25)17-3-5-23-19-15(17)11-14(20)12-16(19)21/h2-5,10-12H,6-9H2,1H3. The number of hydrogen-bond donors (Lipinski definition) is 0. The van der Waals surface area contributed by atoms with Gasteiger partial charge in [-0.05, 0) is 36.8 Å². The van der Waals surface area contributed by atoms with Crippen LogP contribution in [-0.4, -0.2) is 36.1 Å². The molecule has 0 bridgehead atoms. The van der Waals surface area contributed by atoms with E-state index in [1.54, 1.807) is 6.20 Å². The van der Waals surface area contributed by atoms with Crippen LogP contribution in [0.1, 0.15) is 5.56 Å². The van der Waals surface area contributed by atoms with Crippen molar-refractivity contribution in [3.8, 4) is 0 Å². The highest BCUT2D eigenvalue weighted by molar-refractivity contribution is 5.92. The molecule has 0 amide bonds. The van der Waals surface area contributed by atoms with E-state index in [2.05, 4.69) is 25.8 Å². The van der Waals surface area contributed by atoms with E-state index in [0.29, 0.717) is 5.39 Å². The van der Waals surface area contributed by atoms with Crippen LogP contribution in [0.3, 0.4) is 0 Å². The second-order valence-electron chi connectivity index (χ2n) is 6.28. The minimum atomic E-state index is -0.626. The smallest absolute Gasteiger partial charge is 0.152 e. The number of rotatable bonds is 2. The summed E-state index contributed by atoms with van der Waals surface area (Å²) in [5, 5.41) is 0.516. The molecule has 1 saturated heterocycles. The van der Waals surface area contributed by atoms with E-state index < -0.39 is 11.6 Å². The molecule has 2 aromatic heterocycles. The fourth-order valence-corrected chi connectivity index (χ4v) is 3.31. The lowest BCUT2D eigenvalue weighted by atomic mass is 10.1. The van der Waals surface area contributed by atoms with Crippen LogP contribution in [0.5, 0.6) is 0 Å². The van der Waals surface area contributed by atoms with E-state index in [1.165, 1.54) is 11.6 Å². The third-order valence-corrected chi connectivity index (χ3v) is 4.59. The van der Waals surface area contributed by atoms with Gasteiger partial charge in [0.25, 0.3) is 0 Å². The highest BCUT2D eigenvalue weighted by Crippen LogP contribution is 2.29. The van der Waals surface area contributed by atoms with Gasteiger partial charge in [0, 0.05) is 55.7 Å². The molecule has 4 nitrogen and oxygen atoms in total. The summed E-state index contributed by atoms with van der Waals surface area (Å²) in [6, 6.07) is 8.10. The van der Waals surface area contributed by atoms with Crippen LogP contribution >= 0.6 is 0 Å². The molecule has 3 heterocycles. The van der Waals surface area contributed by atoms with Crippen molar-refractivity contribution >= 4 is 22.4 Å². The number of pyridine rings is 2. The summed E-state index contributed by atoms with van der Waals surface area (Å²) in [5.74, 6) is -0.238. The predicted octanol–water partition coefficient (Wildman–Crippen LogP) is 3.54. The molecular weight excluding hydrogens is 322 g/mol. The van der Waals surface area contributed by atoms with Crippen molar-refractivity contribution in [2.75, 3.05) is 36.0 Å². The number of fused-ring (bicyclic) bond motifs is 1. The maximum absolute atomic E-state index is 14.0. The van der Waals surface area contributed by atoms with Gasteiger partial charge in [0.1, 0.15) is 17.2 Å². The molecule has 25 heavy (non-hydrogen) atoms. The first-order valence-electron chi connectivity index (χ1n) is 8.28. The monoisotopic (exact) mass is 340 g/mol. The Balaban J connectivity index is 1.60. The fourth-order valence-electron chi connectivity index (χ4n) is 3.31. The van der Waals surface area contributed by atoms with Crippen LogP contribution in [0.15, 0.2) is 42.7 Å². The molecule has 0 spiro atoms. The average molecular weight is 340 g/mol. The SMILES string of the molecule is Cc1ccnc(N2CCN(c3ccnc4c(F)cc(F)cc34)CC2)c1. The van der Waals surface area contributed by atoms with Gasteiger partial charge in [0.2, 0.25) is 0 Å². The van der Waals surface area contributed by atoms with E-state index in [0.717, 1.165) is 43.8 Å². The largest absolute Gasteiger partial charge is 0.367 e. The van der Waals surface area contributed by atoms with Crippen molar-refractivity contribution in [2.45, 2.75) is 6.92 Å². The Hall–Kier alpha value is -2.76. The molecule has 1 aliphatic rings. The fraction of sp³-hybridized carbons (Fsp3) is 0.263. The Bertz CT molecular complexity index is 920. The molecule has 1 aromatic carbocycles. The topological polar surface area (TPSA) is 32.3 Å². The van der Waals surface area contributed by atoms with Crippen LogP contribution in [0, 0.1) is 18.6 Å². The third kappa shape index (κ3) is 2.99. The van der Waals surface area contributed by atoms with Gasteiger partial charge in [-0.3, -0.25) is 4.98 Å². The van der Waals surface area contributed by atoms with Gasteiger partial charge in [0.15, 0.2) is 5.82 Å². The molecule has 0 saturated carbocycles. The number of hydrogen-bond acceptors (Lipinski definition) is 4. The Morgan fingerprint density at radius 1 is 0.880 bits per heavy atom. The second kappa shape index (κ2) is 6.27. The average Bonchev–Trinajstić information content (AvgIpc) is 2.61. The lowest BCUT2D eigenvalue weighted by Gasteiger charge is -2.37. The number of aromatic nitrogens is 2. The highest BCUT2D eigenvalue weighted by Gasteiger charge is 2.21. The first-order chi connectivity index (χ1) is 12.1. The molecule has 0 atom stereocenters. The Morgan fingerprint density at radius 2 is 1.60 bits per heavy atom. The van der Waals surface area contributed by atoms with Crippen LogP contribution in [0.4, 0.5) is 20.3 Å². The molecule has 1 aliphatic heterocycles. The lowest BCUT2D eigenvalue weighted by molar-refractivity contribution is 0.590. The van der Waals surface area contributed by atoms with E-state index in [9.17, 15) is 8.78 Å². The summed E-state index contributed by atoms with van der Waals surface area (Å²) in [4.78, 5) is 12.9. The van der Waals surface area contributed by atoms with Crippen molar-refractivity contribution in [3.05, 3.63) is 59.9 Å². The summed E-state index contributed by atoms with van der Waals surface area (Å²) in [6.45, 7) is 5.17. The van der Waals surface area contributed by atoms with Crippen molar-refractivity contribution < 1.29 is 8.78 Å². The number of benzene rings is 1. The minimum absolute atomic E-state index is 0.210. The lowest BCUT2D eigenvalue weighted by Crippen LogP contribution is -2.47. The summed E-state index contributed by atoms with van der Waals surface area (Å²) in [5.41, 5.74) is 2.21. The molecule has 0 aliphatic carbocycles. The van der Waals surface area contributed by atoms with Crippen molar-refractivity contribution in [1.82, 2.24) is 9.97 Å². The van der Waals surface area contributed by atoms with E-state index in [4.69, 9.17) is 0 Å². The number of anilines is 2. The molecule has 128 valence electrons. The van der Waals surface area contributed by atoms with Crippen molar-refractivity contribution in [2.24, 2.45) is 0 Å². The van der Waals surface area contributed by atoms with Crippen molar-refractivity contribution in [3.63, 3.8) is 0 Å². The molecule has 3 aromatic rings. The van der Waals surface area contributed by atoms with Gasteiger partial charge in [-0.25, -0.2) is 13.8 Å². The second-order valence-corrected chi connectivity index (χ2v) is 6.28. The summed E-state index contributed by atoms with van der Waals surface area (Å²) < 4.78 is 27.6. The van der Waals surface area contributed by atoms with Crippen LogP contribution in [-0.2, 0) is 0 Å². The molecule has 0 radical (unpaired) electrons. The van der Waals surface area contributed by atoms with Gasteiger partial charge in [-0.15, -0.1) is 0 Å². The summed E-state index contributed by atoms with van der Waals surface area (Å²) in [7, 11) is 0. The normalized spacial score (nSPS) is 15.0. The molecule has 6 heteroatoms. The maximum Gasteiger partial charge on any atom is 0.152 e. The molecule has 1 fully saturated rings. The molecule has 0 N–H and O–H groups in total. The Labute approximate surface area is 144 Å². The van der Waals surface area contributed by atoms with Gasteiger partial charge in [-0.2, -0.15) is 0 Å². The van der Waals surface area contributed by atoms with Crippen LogP contribution in [0.25, 0.3) is 10.9 Å². The van der Waals surface area contributed by atoms with Crippen molar-refractivity contribution in [1.29, 1.82) is 0 Å². The number of aryl methyl sites for hydroxylation is 1. The molecular formula is C19H18F2N4. The number of nitrogens with zero attached hydrogens (tertiary/aromatic N) is 4. The van der Waals surface area contributed by atoms with Crippen LogP contribution < -0.4 is 9.80 Å². The number of piperazine rings is 1. The molecule has 0 unspecified atom stereocenters. The maximum atomic E-state index is 14.0. The Morgan fingerprint density at radius 3 is 2.36 bits per heavy atom. The first kappa shape index (κ1) is 15.7. The van der Waals surface area contributed by atoms with E-state index in [-0.39, 0.29) is 5.52 Å². The quantitative estimate of drug-likeness (QED) is 0.714. The zero-order chi connectivity index (χ0) is 17.4. The van der Waals surface area contributed by atoms with E-state index in [1.807, 2.05) is 25.3 Å². The minimum Gasteiger partial charge on any atom is -0.367 e. The van der Waals surface area contributed by atoms with Gasteiger partial charge < -0.3 is 9.80 Å². The zero-order valence-corrected chi connectivity index (χ0v) is 13.9. The summed E-state index contributed by atoms with van der Waals surface area (Å²) >= 11 is 0. The van der Waals surface area contributed by atoms with Gasteiger partial charge in [-0.1, -0.05) is 0 Å². The third-order valence-electron chi connectivity index (χ3n) is 4.59. The Kier molecular flexibility index (Phi) is 3.95. The van der Waals surface area contributed by atoms with Gasteiger partial charge in [0.05, 0.1) is 0 Å².